The van der Waals surface area contributed by atoms with E-state index in [1.807, 2.05) is 20.8 Å². The molecule has 1 saturated heterocycles. The molecular weight excluding hydrogens is 222 g/mol. The van der Waals surface area contributed by atoms with Crippen LogP contribution in [-0.2, 0) is 9.53 Å². The molecule has 3 atom stereocenters. The highest BCUT2D eigenvalue weighted by Gasteiger charge is 2.31. The number of oxime groups is 1. The molecule has 1 heterocycles. The van der Waals surface area contributed by atoms with Crippen LogP contribution in [0.15, 0.2) is 5.16 Å². The lowest BCUT2D eigenvalue weighted by Gasteiger charge is -2.36. The highest BCUT2D eigenvalue weighted by Crippen LogP contribution is 2.15. The summed E-state index contributed by atoms with van der Waals surface area (Å²) in [6.07, 6.45) is 0.564. The largest absolute Gasteiger partial charge is 0.409 e. The Balaban J connectivity index is 2.73. The molecule has 0 saturated carbocycles. The van der Waals surface area contributed by atoms with Crippen molar-refractivity contribution < 1.29 is 14.7 Å². The monoisotopic (exact) mass is 243 g/mol. The van der Waals surface area contributed by atoms with Gasteiger partial charge < -0.3 is 20.6 Å². The Morgan fingerprint density at radius 3 is 2.47 bits per heavy atom. The fourth-order valence-corrected chi connectivity index (χ4v) is 2.16. The van der Waals surface area contributed by atoms with Gasteiger partial charge in [-0.25, -0.2) is 0 Å². The van der Waals surface area contributed by atoms with E-state index >= 15 is 0 Å². The minimum Gasteiger partial charge on any atom is -0.409 e. The van der Waals surface area contributed by atoms with Gasteiger partial charge in [-0.05, 0) is 20.3 Å². The summed E-state index contributed by atoms with van der Waals surface area (Å²) in [5.41, 5.74) is 5.53. The molecule has 98 valence electrons. The lowest BCUT2D eigenvalue weighted by atomic mass is 10.0. The van der Waals surface area contributed by atoms with Crippen molar-refractivity contribution in [2.45, 2.75) is 39.4 Å². The number of carbonyl (C=O) groups excluding carboxylic acids is 1. The SMILES string of the molecule is CCC(C(=O)N1CC(C)OC(C)C1)/C(N)=N/O. The topological polar surface area (TPSA) is 88.2 Å². The van der Waals surface area contributed by atoms with Gasteiger partial charge in [0.15, 0.2) is 5.84 Å². The number of ether oxygens (including phenoxy) is 1. The average Bonchev–Trinajstić information content (AvgIpc) is 2.28. The number of nitrogens with zero attached hydrogens (tertiary/aromatic N) is 2. The van der Waals surface area contributed by atoms with Gasteiger partial charge in [-0.15, -0.1) is 0 Å². The first-order chi connectivity index (χ1) is 7.99. The maximum atomic E-state index is 12.2. The minimum atomic E-state index is -0.544. The molecule has 0 spiro atoms. The molecule has 1 rings (SSSR count). The van der Waals surface area contributed by atoms with E-state index in [-0.39, 0.29) is 24.0 Å². The second-order valence-corrected chi connectivity index (χ2v) is 4.49. The molecule has 0 bridgehead atoms. The predicted molar refractivity (Wildman–Crippen MR) is 63.8 cm³/mol. The van der Waals surface area contributed by atoms with Crippen molar-refractivity contribution in [1.82, 2.24) is 4.90 Å². The number of amides is 1. The van der Waals surface area contributed by atoms with Crippen molar-refractivity contribution in [3.8, 4) is 0 Å². The third kappa shape index (κ3) is 3.33. The van der Waals surface area contributed by atoms with Gasteiger partial charge in [0.05, 0.1) is 18.1 Å². The minimum absolute atomic E-state index is 0.0208. The van der Waals surface area contributed by atoms with Gasteiger partial charge in [-0.3, -0.25) is 4.79 Å². The van der Waals surface area contributed by atoms with Crippen LogP contribution in [0.4, 0.5) is 0 Å². The molecule has 6 heteroatoms. The van der Waals surface area contributed by atoms with Crippen LogP contribution in [0.25, 0.3) is 0 Å². The van der Waals surface area contributed by atoms with Crippen molar-refractivity contribution in [3.63, 3.8) is 0 Å². The van der Waals surface area contributed by atoms with E-state index in [0.29, 0.717) is 19.5 Å². The van der Waals surface area contributed by atoms with Gasteiger partial charge in [0.2, 0.25) is 5.91 Å². The summed E-state index contributed by atoms with van der Waals surface area (Å²) in [5, 5.41) is 11.6. The fourth-order valence-electron chi connectivity index (χ4n) is 2.16. The van der Waals surface area contributed by atoms with E-state index in [2.05, 4.69) is 5.16 Å². The zero-order chi connectivity index (χ0) is 13.0. The zero-order valence-corrected chi connectivity index (χ0v) is 10.6. The van der Waals surface area contributed by atoms with Gasteiger partial charge in [0.25, 0.3) is 0 Å². The summed E-state index contributed by atoms with van der Waals surface area (Å²) in [5.74, 6) is -0.661. The smallest absolute Gasteiger partial charge is 0.233 e. The molecule has 1 amide bonds. The van der Waals surface area contributed by atoms with Crippen molar-refractivity contribution in [2.24, 2.45) is 16.8 Å². The standard InChI is InChI=1S/C11H21N3O3/c1-4-9(10(12)13-16)11(15)14-5-7(2)17-8(3)6-14/h7-9,16H,4-6H2,1-3H3,(H2,12,13). The maximum absolute atomic E-state index is 12.2. The summed E-state index contributed by atoms with van der Waals surface area (Å²) in [6, 6.07) is 0. The Hall–Kier alpha value is -1.30. The lowest BCUT2D eigenvalue weighted by Crippen LogP contribution is -2.51. The number of nitrogens with two attached hydrogens (primary N) is 1. The number of hydrogen-bond donors (Lipinski definition) is 2. The molecule has 1 aliphatic rings. The van der Waals surface area contributed by atoms with E-state index in [1.54, 1.807) is 4.90 Å². The first-order valence-corrected chi connectivity index (χ1v) is 5.91. The normalized spacial score (nSPS) is 27.9. The summed E-state index contributed by atoms with van der Waals surface area (Å²) in [6.45, 7) is 6.81. The molecule has 0 aromatic heterocycles. The van der Waals surface area contributed by atoms with Crippen LogP contribution in [0.3, 0.4) is 0 Å². The maximum Gasteiger partial charge on any atom is 0.233 e. The van der Waals surface area contributed by atoms with Gasteiger partial charge in [0.1, 0.15) is 0 Å². The number of hydrogen-bond acceptors (Lipinski definition) is 4. The Morgan fingerprint density at radius 1 is 1.53 bits per heavy atom. The van der Waals surface area contributed by atoms with Crippen LogP contribution in [0, 0.1) is 5.92 Å². The summed E-state index contributed by atoms with van der Waals surface area (Å²) < 4.78 is 5.56. The molecular formula is C11H21N3O3. The first-order valence-electron chi connectivity index (χ1n) is 5.91. The van der Waals surface area contributed by atoms with Crippen molar-refractivity contribution in [1.29, 1.82) is 0 Å². The Labute approximate surface area is 101 Å². The van der Waals surface area contributed by atoms with Crippen LogP contribution in [0.5, 0.6) is 0 Å². The molecule has 0 aromatic rings. The number of rotatable bonds is 3. The van der Waals surface area contributed by atoms with Gasteiger partial charge in [0, 0.05) is 13.1 Å². The van der Waals surface area contributed by atoms with Crippen molar-refractivity contribution >= 4 is 11.7 Å². The molecule has 0 aliphatic carbocycles. The second kappa shape index (κ2) is 5.86. The molecule has 0 aromatic carbocycles. The number of carbonyl (C=O) groups is 1. The van der Waals surface area contributed by atoms with E-state index in [1.165, 1.54) is 0 Å². The fraction of sp³-hybridized carbons (Fsp3) is 0.818. The average molecular weight is 243 g/mol. The van der Waals surface area contributed by atoms with E-state index in [4.69, 9.17) is 15.7 Å². The van der Waals surface area contributed by atoms with Crippen molar-refractivity contribution in [3.05, 3.63) is 0 Å². The summed E-state index contributed by atoms with van der Waals surface area (Å²) >= 11 is 0. The third-order valence-electron chi connectivity index (χ3n) is 2.91. The highest BCUT2D eigenvalue weighted by molar-refractivity contribution is 6.02. The quantitative estimate of drug-likeness (QED) is 0.325. The van der Waals surface area contributed by atoms with Crippen molar-refractivity contribution in [2.75, 3.05) is 13.1 Å². The molecule has 6 nitrogen and oxygen atoms in total. The van der Waals surface area contributed by atoms with E-state index in [9.17, 15) is 4.79 Å². The lowest BCUT2D eigenvalue weighted by molar-refractivity contribution is -0.145. The Morgan fingerprint density at radius 2 is 2.06 bits per heavy atom. The predicted octanol–water partition coefficient (Wildman–Crippen LogP) is 0.395. The van der Waals surface area contributed by atoms with E-state index in [0.717, 1.165) is 0 Å². The second-order valence-electron chi connectivity index (χ2n) is 4.49. The number of morpholine rings is 1. The van der Waals surface area contributed by atoms with Gasteiger partial charge >= 0.3 is 0 Å². The van der Waals surface area contributed by atoms with E-state index < -0.39 is 5.92 Å². The molecule has 3 N–H and O–H groups in total. The Kier molecular flexibility index (Phi) is 4.74. The van der Waals surface area contributed by atoms with Crippen LogP contribution < -0.4 is 5.73 Å². The summed E-state index contributed by atoms with van der Waals surface area (Å²) in [4.78, 5) is 13.9. The first kappa shape index (κ1) is 13.8. The zero-order valence-electron chi connectivity index (χ0n) is 10.6. The molecule has 1 aliphatic heterocycles. The van der Waals surface area contributed by atoms with Crippen LogP contribution >= 0.6 is 0 Å². The molecule has 17 heavy (non-hydrogen) atoms. The Bertz CT molecular complexity index is 296. The number of amidine groups is 1. The van der Waals surface area contributed by atoms with Gasteiger partial charge in [-0.2, -0.15) is 0 Å². The summed E-state index contributed by atoms with van der Waals surface area (Å²) in [7, 11) is 0. The van der Waals surface area contributed by atoms with Crippen LogP contribution in [0.2, 0.25) is 0 Å². The molecule has 3 unspecified atom stereocenters. The van der Waals surface area contributed by atoms with Gasteiger partial charge in [-0.1, -0.05) is 12.1 Å². The van der Waals surface area contributed by atoms with Crippen LogP contribution in [-0.4, -0.2) is 47.1 Å². The van der Waals surface area contributed by atoms with Crippen LogP contribution in [0.1, 0.15) is 27.2 Å². The molecule has 1 fully saturated rings. The third-order valence-corrected chi connectivity index (χ3v) is 2.91. The highest BCUT2D eigenvalue weighted by atomic mass is 16.5. The molecule has 0 radical (unpaired) electrons.